The van der Waals surface area contributed by atoms with E-state index in [1.54, 1.807) is 0 Å². The first-order valence-electron chi connectivity index (χ1n) is 7.10. The molecule has 104 valence electrons. The normalized spacial score (nSPS) is 14.7. The summed E-state index contributed by atoms with van der Waals surface area (Å²) in [7, 11) is 0. The molecule has 0 saturated carbocycles. The summed E-state index contributed by atoms with van der Waals surface area (Å²) >= 11 is 3.64. The van der Waals surface area contributed by atoms with Crippen LogP contribution in [0.15, 0.2) is 10.7 Å². The van der Waals surface area contributed by atoms with Crippen molar-refractivity contribution in [3.05, 3.63) is 16.4 Å². The van der Waals surface area contributed by atoms with Crippen molar-refractivity contribution in [2.24, 2.45) is 5.92 Å². The highest BCUT2D eigenvalue weighted by Gasteiger charge is 2.24. The number of halogens is 1. The molecule has 0 radical (unpaired) electrons. The third-order valence-corrected chi connectivity index (χ3v) is 4.04. The fourth-order valence-electron chi connectivity index (χ4n) is 2.41. The molecule has 1 heterocycles. The van der Waals surface area contributed by atoms with Crippen molar-refractivity contribution in [3.63, 3.8) is 0 Å². The second-order valence-electron chi connectivity index (χ2n) is 4.85. The van der Waals surface area contributed by atoms with Gasteiger partial charge in [0.1, 0.15) is 0 Å². The first kappa shape index (κ1) is 15.7. The Morgan fingerprint density at radius 3 is 2.67 bits per heavy atom. The van der Waals surface area contributed by atoms with Crippen molar-refractivity contribution in [2.75, 3.05) is 6.54 Å². The van der Waals surface area contributed by atoms with E-state index in [0.717, 1.165) is 17.6 Å². The summed E-state index contributed by atoms with van der Waals surface area (Å²) in [6.07, 6.45) is 5.73. The Labute approximate surface area is 119 Å². The summed E-state index contributed by atoms with van der Waals surface area (Å²) in [5, 5.41) is 8.05. The lowest BCUT2D eigenvalue weighted by atomic mass is 9.93. The van der Waals surface area contributed by atoms with Crippen LogP contribution in [-0.4, -0.2) is 16.3 Å². The number of aryl methyl sites for hydroxylation is 1. The zero-order valence-electron chi connectivity index (χ0n) is 12.0. The topological polar surface area (TPSA) is 29.9 Å². The minimum atomic E-state index is 0.387. The zero-order valence-corrected chi connectivity index (χ0v) is 13.6. The summed E-state index contributed by atoms with van der Waals surface area (Å²) in [6.45, 7) is 10.8. The molecule has 4 heteroatoms. The molecule has 1 N–H and O–H groups in total. The van der Waals surface area contributed by atoms with Gasteiger partial charge in [0, 0.05) is 6.54 Å². The molecule has 0 amide bonds. The molecule has 2 unspecified atom stereocenters. The Bertz CT molecular complexity index is 349. The summed E-state index contributed by atoms with van der Waals surface area (Å²) in [5.41, 5.74) is 1.29. The highest BCUT2D eigenvalue weighted by molar-refractivity contribution is 9.10. The van der Waals surface area contributed by atoms with Crippen LogP contribution in [0.3, 0.4) is 0 Å². The van der Waals surface area contributed by atoms with E-state index in [1.165, 1.54) is 25.0 Å². The molecule has 1 rings (SSSR count). The molecular weight excluding hydrogens is 290 g/mol. The Balaban J connectivity index is 2.91. The van der Waals surface area contributed by atoms with E-state index < -0.39 is 0 Å². The first-order chi connectivity index (χ1) is 8.65. The van der Waals surface area contributed by atoms with Crippen molar-refractivity contribution in [1.29, 1.82) is 0 Å². The van der Waals surface area contributed by atoms with Crippen LogP contribution in [0.2, 0.25) is 0 Å². The third kappa shape index (κ3) is 3.82. The van der Waals surface area contributed by atoms with Crippen LogP contribution in [0.25, 0.3) is 0 Å². The molecule has 3 nitrogen and oxygen atoms in total. The fraction of sp³-hybridized carbons (Fsp3) is 0.786. The van der Waals surface area contributed by atoms with E-state index in [2.05, 4.69) is 58.7 Å². The van der Waals surface area contributed by atoms with E-state index in [-0.39, 0.29) is 0 Å². The number of nitrogens with one attached hydrogen (secondary N) is 1. The second-order valence-corrected chi connectivity index (χ2v) is 5.70. The van der Waals surface area contributed by atoms with Crippen LogP contribution in [0.5, 0.6) is 0 Å². The summed E-state index contributed by atoms with van der Waals surface area (Å²) in [6, 6.07) is 0.387. The number of unbranched alkanes of at least 4 members (excludes halogenated alkanes) is 1. The van der Waals surface area contributed by atoms with Gasteiger partial charge in [0.2, 0.25) is 0 Å². The van der Waals surface area contributed by atoms with Gasteiger partial charge in [0.05, 0.1) is 22.4 Å². The number of hydrogen-bond donors (Lipinski definition) is 1. The fourth-order valence-corrected chi connectivity index (χ4v) is 2.96. The first-order valence-corrected chi connectivity index (χ1v) is 7.89. The Morgan fingerprint density at radius 2 is 2.11 bits per heavy atom. The summed E-state index contributed by atoms with van der Waals surface area (Å²) < 4.78 is 3.22. The maximum Gasteiger partial charge on any atom is 0.0698 e. The van der Waals surface area contributed by atoms with Gasteiger partial charge in [-0.15, -0.1) is 0 Å². The minimum absolute atomic E-state index is 0.387. The van der Waals surface area contributed by atoms with Gasteiger partial charge in [-0.3, -0.25) is 4.68 Å². The Hall–Kier alpha value is -0.350. The lowest BCUT2D eigenvalue weighted by Gasteiger charge is -2.26. The summed E-state index contributed by atoms with van der Waals surface area (Å²) in [5.74, 6) is 0.628. The van der Waals surface area contributed by atoms with Gasteiger partial charge in [-0.25, -0.2) is 0 Å². The molecule has 0 bridgehead atoms. The van der Waals surface area contributed by atoms with E-state index in [1.807, 2.05) is 6.20 Å². The highest BCUT2D eigenvalue weighted by Crippen LogP contribution is 2.31. The van der Waals surface area contributed by atoms with Gasteiger partial charge in [0.15, 0.2) is 0 Å². The van der Waals surface area contributed by atoms with Crippen molar-refractivity contribution in [2.45, 2.75) is 59.5 Å². The van der Waals surface area contributed by atoms with Crippen molar-refractivity contribution in [3.8, 4) is 0 Å². The number of rotatable bonds is 8. The molecule has 0 aromatic carbocycles. The van der Waals surface area contributed by atoms with Crippen molar-refractivity contribution >= 4 is 15.9 Å². The average molecular weight is 316 g/mol. The van der Waals surface area contributed by atoms with Crippen molar-refractivity contribution in [1.82, 2.24) is 15.1 Å². The number of hydrogen-bond acceptors (Lipinski definition) is 2. The molecule has 1 aromatic rings. The number of nitrogens with zero attached hydrogens (tertiary/aromatic N) is 2. The zero-order chi connectivity index (χ0) is 13.5. The highest BCUT2D eigenvalue weighted by atomic mass is 79.9. The molecule has 0 aliphatic heterocycles. The SMILES string of the molecule is CCCCC(C)C(NCC)c1c(Br)cnn1CC. The van der Waals surface area contributed by atoms with Crippen LogP contribution in [0.4, 0.5) is 0 Å². The molecule has 0 aliphatic rings. The van der Waals surface area contributed by atoms with Crippen LogP contribution < -0.4 is 5.32 Å². The van der Waals surface area contributed by atoms with E-state index >= 15 is 0 Å². The predicted octanol–water partition coefficient (Wildman–Crippen LogP) is 4.14. The maximum atomic E-state index is 4.43. The van der Waals surface area contributed by atoms with E-state index in [4.69, 9.17) is 0 Å². The quantitative estimate of drug-likeness (QED) is 0.781. The number of aromatic nitrogens is 2. The van der Waals surface area contributed by atoms with Crippen LogP contribution >= 0.6 is 15.9 Å². The Kier molecular flexibility index (Phi) is 6.94. The van der Waals surface area contributed by atoms with Crippen molar-refractivity contribution < 1.29 is 0 Å². The Morgan fingerprint density at radius 1 is 1.39 bits per heavy atom. The molecule has 0 spiro atoms. The largest absolute Gasteiger partial charge is 0.309 e. The van der Waals surface area contributed by atoms with Gasteiger partial charge < -0.3 is 5.32 Å². The average Bonchev–Trinajstić information content (AvgIpc) is 2.74. The van der Waals surface area contributed by atoms with E-state index in [9.17, 15) is 0 Å². The predicted molar refractivity (Wildman–Crippen MR) is 80.7 cm³/mol. The van der Waals surface area contributed by atoms with Gasteiger partial charge in [0.25, 0.3) is 0 Å². The summed E-state index contributed by atoms with van der Waals surface area (Å²) in [4.78, 5) is 0. The smallest absolute Gasteiger partial charge is 0.0698 e. The lowest BCUT2D eigenvalue weighted by Crippen LogP contribution is -2.29. The van der Waals surface area contributed by atoms with Gasteiger partial charge >= 0.3 is 0 Å². The second kappa shape index (κ2) is 7.95. The molecule has 0 aliphatic carbocycles. The monoisotopic (exact) mass is 315 g/mol. The van der Waals surface area contributed by atoms with Gasteiger partial charge in [-0.05, 0) is 41.7 Å². The van der Waals surface area contributed by atoms with Crippen LogP contribution in [-0.2, 0) is 6.54 Å². The lowest BCUT2D eigenvalue weighted by molar-refractivity contribution is 0.342. The van der Waals surface area contributed by atoms with Crippen LogP contribution in [0.1, 0.15) is 58.7 Å². The maximum absolute atomic E-state index is 4.43. The molecule has 0 fully saturated rings. The minimum Gasteiger partial charge on any atom is -0.309 e. The molecule has 1 aromatic heterocycles. The molecule has 18 heavy (non-hydrogen) atoms. The van der Waals surface area contributed by atoms with Gasteiger partial charge in [-0.1, -0.05) is 33.6 Å². The molecular formula is C14H26BrN3. The van der Waals surface area contributed by atoms with Gasteiger partial charge in [-0.2, -0.15) is 5.10 Å². The molecule has 0 saturated heterocycles. The standard InChI is InChI=1S/C14H26BrN3/c1-5-8-9-11(4)13(16-6-2)14-12(15)10-17-18(14)7-3/h10-11,13,16H,5-9H2,1-4H3. The van der Waals surface area contributed by atoms with Crippen LogP contribution in [0, 0.1) is 5.92 Å². The molecule has 2 atom stereocenters. The van der Waals surface area contributed by atoms with E-state index in [0.29, 0.717) is 12.0 Å². The third-order valence-electron chi connectivity index (χ3n) is 3.43.